The van der Waals surface area contributed by atoms with Crippen LogP contribution in [-0.4, -0.2) is 12.0 Å². The second-order valence-electron chi connectivity index (χ2n) is 3.79. The van der Waals surface area contributed by atoms with Gasteiger partial charge >= 0.3 is 0 Å². The molecular formula is C16H10N4. The van der Waals surface area contributed by atoms with Crippen LogP contribution in [0.1, 0.15) is 11.1 Å². The first kappa shape index (κ1) is 13.2. The first-order valence-electron chi connectivity index (χ1n) is 5.79. The van der Waals surface area contributed by atoms with E-state index in [4.69, 9.17) is 10.8 Å². The van der Waals surface area contributed by atoms with Gasteiger partial charge in [0.05, 0.1) is 23.4 Å². The van der Waals surface area contributed by atoms with Gasteiger partial charge in [-0.2, -0.15) is 9.98 Å². The van der Waals surface area contributed by atoms with Gasteiger partial charge < -0.3 is 0 Å². The second-order valence-corrected chi connectivity index (χ2v) is 3.79. The smallest absolute Gasteiger partial charge is 0.0918 e. The molecule has 2 N–H and O–H groups in total. The fourth-order valence-corrected chi connectivity index (χ4v) is 1.51. The lowest BCUT2D eigenvalue weighted by Gasteiger charge is -1.93. The lowest BCUT2D eigenvalue weighted by atomic mass is 10.1. The third-order valence-corrected chi connectivity index (χ3v) is 2.46. The van der Waals surface area contributed by atoms with E-state index in [9.17, 15) is 0 Å². The van der Waals surface area contributed by atoms with Gasteiger partial charge in [0, 0.05) is 11.1 Å². The molecule has 0 radical (unpaired) electrons. The Bertz CT molecular complexity index is 683. The molecule has 0 bridgehead atoms. The minimum atomic E-state index is 0.680. The fourth-order valence-electron chi connectivity index (χ4n) is 1.51. The summed E-state index contributed by atoms with van der Waals surface area (Å²) in [6.07, 6.45) is 0. The van der Waals surface area contributed by atoms with Crippen LogP contribution < -0.4 is 0 Å². The largest absolute Gasteiger partial charge is 0.241 e. The van der Waals surface area contributed by atoms with Gasteiger partial charge in [-0.15, -0.1) is 0 Å². The summed E-state index contributed by atoms with van der Waals surface area (Å²) in [6.45, 7) is 0. The maximum absolute atomic E-state index is 6.77. The molecule has 0 heterocycles. The van der Waals surface area contributed by atoms with Gasteiger partial charge in [-0.3, -0.25) is 0 Å². The van der Waals surface area contributed by atoms with Crippen molar-refractivity contribution in [1.29, 1.82) is 10.8 Å². The van der Waals surface area contributed by atoms with Crippen LogP contribution in [0.15, 0.2) is 58.5 Å². The van der Waals surface area contributed by atoms with E-state index in [2.05, 4.69) is 21.8 Å². The molecule has 0 aliphatic rings. The quantitative estimate of drug-likeness (QED) is 0.606. The van der Waals surface area contributed by atoms with Crippen molar-refractivity contribution in [1.82, 2.24) is 0 Å². The molecule has 2 aromatic carbocycles. The van der Waals surface area contributed by atoms with E-state index in [1.54, 1.807) is 24.3 Å². The zero-order valence-electron chi connectivity index (χ0n) is 10.5. The van der Waals surface area contributed by atoms with Crippen LogP contribution in [-0.2, 0) is 0 Å². The average Bonchev–Trinajstić information content (AvgIpc) is 2.49. The summed E-state index contributed by atoms with van der Waals surface area (Å²) in [7, 11) is 0. The first-order valence-corrected chi connectivity index (χ1v) is 5.79. The minimum Gasteiger partial charge on any atom is -0.241 e. The Kier molecular flexibility index (Phi) is 4.37. The monoisotopic (exact) mass is 258 g/mol. The summed E-state index contributed by atoms with van der Waals surface area (Å²) in [6, 6.07) is 18.5. The molecule has 0 fully saturated rings. The van der Waals surface area contributed by atoms with Crippen LogP contribution in [0.3, 0.4) is 0 Å². The second kappa shape index (κ2) is 6.63. The van der Waals surface area contributed by atoms with E-state index in [0.717, 1.165) is 11.1 Å². The van der Waals surface area contributed by atoms with E-state index < -0.39 is 0 Å². The molecule has 94 valence electrons. The van der Waals surface area contributed by atoms with Crippen LogP contribution in [0.25, 0.3) is 0 Å². The number of nitrogens with zero attached hydrogens (tertiary/aromatic N) is 2. The molecule has 0 atom stereocenters. The molecule has 2 rings (SSSR count). The third kappa shape index (κ3) is 3.63. The molecule has 0 aromatic heterocycles. The van der Waals surface area contributed by atoms with Crippen molar-refractivity contribution in [3.63, 3.8) is 0 Å². The summed E-state index contributed by atoms with van der Waals surface area (Å²) >= 11 is 0. The normalized spacial score (nSPS) is 8.60. The number of rotatable bonds is 2. The van der Waals surface area contributed by atoms with Crippen LogP contribution >= 0.6 is 0 Å². The molecule has 2 aromatic rings. The molecule has 20 heavy (non-hydrogen) atoms. The van der Waals surface area contributed by atoms with Crippen LogP contribution in [0.2, 0.25) is 0 Å². The molecular weight excluding hydrogens is 248 g/mol. The standard InChI is InChI=1S/C16H10N4/c17-11-19-15-7-3-13(4-8-15)1-2-14-5-9-16(10-6-14)20-12-18/h3-10,17-18H. The van der Waals surface area contributed by atoms with E-state index in [1.807, 2.05) is 36.3 Å². The van der Waals surface area contributed by atoms with Crippen molar-refractivity contribution in [3.8, 4) is 11.8 Å². The lowest BCUT2D eigenvalue weighted by molar-refractivity contribution is 1.47. The fraction of sp³-hybridized carbons (Fsp3) is 0. The zero-order chi connectivity index (χ0) is 14.2. The Morgan fingerprint density at radius 1 is 0.600 bits per heavy atom. The van der Waals surface area contributed by atoms with Gasteiger partial charge in [0.2, 0.25) is 0 Å². The molecule has 0 spiro atoms. The Labute approximate surface area is 116 Å². The third-order valence-electron chi connectivity index (χ3n) is 2.46. The van der Waals surface area contributed by atoms with Gasteiger partial charge in [-0.25, -0.2) is 10.8 Å². The maximum atomic E-state index is 6.77. The molecule has 0 saturated heterocycles. The number of hydrogen-bond donors (Lipinski definition) is 2. The first-order chi connectivity index (χ1) is 9.81. The van der Waals surface area contributed by atoms with Gasteiger partial charge in [-0.1, -0.05) is 11.8 Å². The summed E-state index contributed by atoms with van der Waals surface area (Å²) in [4.78, 5) is 7.46. The molecule has 4 heteroatoms. The average molecular weight is 258 g/mol. The van der Waals surface area contributed by atoms with Crippen molar-refractivity contribution in [2.45, 2.75) is 0 Å². The molecule has 4 nitrogen and oxygen atoms in total. The summed E-state index contributed by atoms with van der Waals surface area (Å²) in [5, 5.41) is 13.5. The summed E-state index contributed by atoms with van der Waals surface area (Å²) in [5.74, 6) is 6.08. The highest BCUT2D eigenvalue weighted by atomic mass is 14.7. The topological polar surface area (TPSA) is 72.4 Å². The highest BCUT2D eigenvalue weighted by Crippen LogP contribution is 2.13. The highest BCUT2D eigenvalue weighted by Gasteiger charge is 1.91. The highest BCUT2D eigenvalue weighted by molar-refractivity contribution is 5.54. The van der Waals surface area contributed by atoms with Gasteiger partial charge in [0.15, 0.2) is 0 Å². The predicted octanol–water partition coefficient (Wildman–Crippen LogP) is 3.85. The molecule has 0 unspecified atom stereocenters. The SMILES string of the molecule is N=C=Nc1ccc(C#Cc2ccc(N=C=N)cc2)cc1. The van der Waals surface area contributed by atoms with Crippen LogP contribution in [0.4, 0.5) is 11.4 Å². The van der Waals surface area contributed by atoms with Crippen molar-refractivity contribution >= 4 is 23.4 Å². The van der Waals surface area contributed by atoms with Crippen LogP contribution in [0, 0.1) is 22.7 Å². The van der Waals surface area contributed by atoms with E-state index in [1.165, 1.54) is 0 Å². The van der Waals surface area contributed by atoms with E-state index in [-0.39, 0.29) is 0 Å². The number of benzene rings is 2. The van der Waals surface area contributed by atoms with Crippen molar-refractivity contribution in [2.75, 3.05) is 0 Å². The molecule has 0 amide bonds. The van der Waals surface area contributed by atoms with Crippen molar-refractivity contribution < 1.29 is 0 Å². The zero-order valence-corrected chi connectivity index (χ0v) is 10.5. The molecule has 0 aliphatic heterocycles. The number of nitrogens with one attached hydrogen (secondary N) is 2. The lowest BCUT2D eigenvalue weighted by Crippen LogP contribution is -1.75. The Morgan fingerprint density at radius 3 is 1.25 bits per heavy atom. The Hall–Kier alpha value is -3.24. The number of aliphatic imine (C=N–C) groups is 2. The Morgan fingerprint density at radius 2 is 0.950 bits per heavy atom. The predicted molar refractivity (Wildman–Crippen MR) is 78.5 cm³/mol. The van der Waals surface area contributed by atoms with Gasteiger partial charge in [-0.05, 0) is 48.5 Å². The molecule has 0 aliphatic carbocycles. The Balaban J connectivity index is 2.17. The maximum Gasteiger partial charge on any atom is 0.0918 e. The molecule has 0 saturated carbocycles. The van der Waals surface area contributed by atoms with Crippen molar-refractivity contribution in [3.05, 3.63) is 59.7 Å². The number of hydrogen-bond acceptors (Lipinski definition) is 4. The summed E-state index contributed by atoms with van der Waals surface area (Å²) < 4.78 is 0. The van der Waals surface area contributed by atoms with E-state index >= 15 is 0 Å². The van der Waals surface area contributed by atoms with Crippen molar-refractivity contribution in [2.24, 2.45) is 9.98 Å². The van der Waals surface area contributed by atoms with Gasteiger partial charge in [0.25, 0.3) is 0 Å². The van der Waals surface area contributed by atoms with Crippen LogP contribution in [0.5, 0.6) is 0 Å². The minimum absolute atomic E-state index is 0.680. The summed E-state index contributed by atoms with van der Waals surface area (Å²) in [5.41, 5.74) is 3.10. The van der Waals surface area contributed by atoms with Gasteiger partial charge in [0.1, 0.15) is 0 Å². The van der Waals surface area contributed by atoms with E-state index in [0.29, 0.717) is 11.4 Å².